The fourth-order valence-electron chi connectivity index (χ4n) is 4.46. The molecule has 1 heterocycles. The zero-order chi connectivity index (χ0) is 27.1. The lowest BCUT2D eigenvalue weighted by atomic mass is 9.94. The Balaban J connectivity index is 0.00000353. The van der Waals surface area contributed by atoms with E-state index >= 15 is 0 Å². The molecule has 4 N–H and O–H groups in total. The van der Waals surface area contributed by atoms with Gasteiger partial charge in [-0.3, -0.25) is 9.59 Å². The first-order valence-electron chi connectivity index (χ1n) is 11.9. The van der Waals surface area contributed by atoms with Crippen LogP contribution in [-0.4, -0.2) is 49.9 Å². The van der Waals surface area contributed by atoms with Gasteiger partial charge in [0.15, 0.2) is 11.5 Å². The summed E-state index contributed by atoms with van der Waals surface area (Å²) in [5.74, 6) is -0.295. The van der Waals surface area contributed by atoms with Crippen molar-refractivity contribution in [2.24, 2.45) is 0 Å². The number of carbonyl (C=O) groups excluding carboxylic acids is 1. The second-order valence-electron chi connectivity index (χ2n) is 9.35. The van der Waals surface area contributed by atoms with Gasteiger partial charge in [0, 0.05) is 7.11 Å². The number of amides is 1. The van der Waals surface area contributed by atoms with Gasteiger partial charge in [-0.1, -0.05) is 24.3 Å². The molecule has 1 saturated carbocycles. The van der Waals surface area contributed by atoms with Gasteiger partial charge in [0.1, 0.15) is 6.04 Å². The van der Waals surface area contributed by atoms with Crippen LogP contribution >= 0.6 is 0 Å². The van der Waals surface area contributed by atoms with Crippen LogP contribution < -0.4 is 19.5 Å². The van der Waals surface area contributed by atoms with Crippen LogP contribution in [0.15, 0.2) is 65.6 Å². The number of ether oxygens (including phenoxy) is 2. The van der Waals surface area contributed by atoms with Gasteiger partial charge in [-0.05, 0) is 78.4 Å². The summed E-state index contributed by atoms with van der Waals surface area (Å²) < 4.78 is 37.9. The number of sulfonamides is 1. The Morgan fingerprint density at radius 3 is 2.39 bits per heavy atom. The molecule has 0 aromatic heterocycles. The highest BCUT2D eigenvalue weighted by molar-refractivity contribution is 7.89. The van der Waals surface area contributed by atoms with Crippen LogP contribution in [0.5, 0.6) is 11.5 Å². The summed E-state index contributed by atoms with van der Waals surface area (Å²) >= 11 is 0. The average Bonchev–Trinajstić information content (AvgIpc) is 3.59. The molecule has 0 bridgehead atoms. The standard InChI is InChI=1S/C27H26N2O8S.H2/c1-16-2-6-19(28-26(33)27(10-11-27)18-5-9-23-24(12-18)37-15-36-23)13-21(16)17-3-7-20(8-4-17)38(34,35)29-22(14-30)25(31)32;/h2-9,12-13,22,29-30H,10-11,14-15H2,1H3,(H,28,33)(H,31,32);1H/t22-;/m0./s1. The minimum atomic E-state index is -4.15. The second-order valence-corrected chi connectivity index (χ2v) is 11.1. The van der Waals surface area contributed by atoms with E-state index in [1.807, 2.05) is 48.0 Å². The fraction of sp³-hybridized carbons (Fsp3) is 0.259. The van der Waals surface area contributed by atoms with E-state index in [-0.39, 0.29) is 19.0 Å². The Morgan fingerprint density at radius 2 is 1.74 bits per heavy atom. The van der Waals surface area contributed by atoms with E-state index in [1.54, 1.807) is 12.1 Å². The molecule has 3 aromatic rings. The van der Waals surface area contributed by atoms with Gasteiger partial charge in [0.2, 0.25) is 22.7 Å². The number of anilines is 1. The van der Waals surface area contributed by atoms with Crippen LogP contribution in [0.1, 0.15) is 25.4 Å². The van der Waals surface area contributed by atoms with Crippen molar-refractivity contribution in [2.75, 3.05) is 18.7 Å². The van der Waals surface area contributed by atoms with Crippen molar-refractivity contribution >= 4 is 27.6 Å². The maximum absolute atomic E-state index is 13.3. The van der Waals surface area contributed by atoms with Crippen LogP contribution in [0.25, 0.3) is 11.1 Å². The molecule has 1 fully saturated rings. The number of aliphatic hydroxyl groups excluding tert-OH is 1. The monoisotopic (exact) mass is 540 g/mol. The molecule has 0 spiro atoms. The maximum atomic E-state index is 13.3. The van der Waals surface area contributed by atoms with Gasteiger partial charge in [0.05, 0.1) is 16.9 Å². The number of aliphatic carboxylic acids is 1. The van der Waals surface area contributed by atoms with E-state index in [9.17, 15) is 18.0 Å². The van der Waals surface area contributed by atoms with E-state index in [0.29, 0.717) is 22.7 Å². The largest absolute Gasteiger partial charge is 0.480 e. The minimum absolute atomic E-state index is 0. The smallest absolute Gasteiger partial charge is 0.324 e. The average molecular weight is 541 g/mol. The van der Waals surface area contributed by atoms with Crippen molar-refractivity contribution in [3.63, 3.8) is 0 Å². The first kappa shape index (κ1) is 25.7. The zero-order valence-corrected chi connectivity index (χ0v) is 21.2. The number of fused-ring (bicyclic) bond motifs is 1. The number of rotatable bonds is 9. The molecule has 0 radical (unpaired) electrons. The highest BCUT2D eigenvalue weighted by Gasteiger charge is 2.51. The first-order valence-corrected chi connectivity index (χ1v) is 13.4. The van der Waals surface area contributed by atoms with E-state index in [0.717, 1.165) is 29.5 Å². The summed E-state index contributed by atoms with van der Waals surface area (Å²) in [4.78, 5) is 24.3. The Labute approximate surface area is 220 Å². The Bertz CT molecular complexity index is 1520. The van der Waals surface area contributed by atoms with Gasteiger partial charge >= 0.3 is 5.97 Å². The number of aryl methyl sites for hydroxylation is 1. The zero-order valence-electron chi connectivity index (χ0n) is 20.4. The summed E-state index contributed by atoms with van der Waals surface area (Å²) in [5, 5.41) is 21.2. The third-order valence-corrected chi connectivity index (χ3v) is 8.35. The van der Waals surface area contributed by atoms with Crippen LogP contribution in [0.4, 0.5) is 5.69 Å². The molecule has 10 nitrogen and oxygen atoms in total. The van der Waals surface area contributed by atoms with Crippen molar-refractivity contribution in [1.82, 2.24) is 4.72 Å². The highest BCUT2D eigenvalue weighted by atomic mass is 32.2. The van der Waals surface area contributed by atoms with E-state index in [4.69, 9.17) is 19.7 Å². The quantitative estimate of drug-likeness (QED) is 0.323. The molecular weight excluding hydrogens is 512 g/mol. The minimum Gasteiger partial charge on any atom is -0.480 e. The number of nitrogens with one attached hydrogen (secondary N) is 2. The van der Waals surface area contributed by atoms with E-state index in [1.165, 1.54) is 12.1 Å². The van der Waals surface area contributed by atoms with Gasteiger partial charge in [0.25, 0.3) is 0 Å². The number of benzene rings is 3. The van der Waals surface area contributed by atoms with Crippen molar-refractivity contribution in [3.05, 3.63) is 71.8 Å². The summed E-state index contributed by atoms with van der Waals surface area (Å²) in [6.07, 6.45) is 1.44. The molecule has 11 heteroatoms. The maximum Gasteiger partial charge on any atom is 0.324 e. The number of hydrogen-bond donors (Lipinski definition) is 4. The molecule has 1 aliphatic carbocycles. The van der Waals surface area contributed by atoms with E-state index in [2.05, 4.69) is 5.32 Å². The molecule has 0 saturated heterocycles. The summed E-state index contributed by atoms with van der Waals surface area (Å²) in [6, 6.07) is 15.4. The third-order valence-electron chi connectivity index (χ3n) is 6.86. The Morgan fingerprint density at radius 1 is 1.03 bits per heavy atom. The Hall–Kier alpha value is -3.93. The lowest BCUT2D eigenvalue weighted by Gasteiger charge is -2.17. The SMILES string of the molecule is Cc1ccc(NC(=O)C2(c3ccc4c(c3)OCO4)CC2)cc1-c1ccc(S(=O)(=O)N[C@@H](CO)C(=O)O)cc1.[HH]. The van der Waals surface area contributed by atoms with Gasteiger partial charge in [-0.15, -0.1) is 0 Å². The van der Waals surface area contributed by atoms with Crippen molar-refractivity contribution < 1.29 is 39.1 Å². The number of carbonyl (C=O) groups is 2. The molecule has 38 heavy (non-hydrogen) atoms. The number of carboxylic acids is 1. The van der Waals surface area contributed by atoms with Crippen molar-refractivity contribution in [1.29, 1.82) is 0 Å². The van der Waals surface area contributed by atoms with E-state index < -0.39 is 34.1 Å². The highest BCUT2D eigenvalue weighted by Crippen LogP contribution is 2.51. The van der Waals surface area contributed by atoms with Gasteiger partial charge < -0.3 is 25.0 Å². The molecule has 0 unspecified atom stereocenters. The summed E-state index contributed by atoms with van der Waals surface area (Å²) in [5.41, 5.74) is 3.28. The topological polar surface area (TPSA) is 151 Å². The second kappa shape index (κ2) is 9.75. The van der Waals surface area contributed by atoms with Crippen LogP contribution in [0.2, 0.25) is 0 Å². The van der Waals surface area contributed by atoms with Gasteiger partial charge in [-0.25, -0.2) is 8.42 Å². The molecule has 2 aliphatic rings. The molecule has 3 aromatic carbocycles. The number of carboxylic acid groups (broad SMARTS) is 1. The number of hydrogen-bond acceptors (Lipinski definition) is 7. The van der Waals surface area contributed by atoms with Crippen LogP contribution in [0, 0.1) is 6.92 Å². The third kappa shape index (κ3) is 4.83. The van der Waals surface area contributed by atoms with Crippen LogP contribution in [0.3, 0.4) is 0 Å². The molecule has 5 rings (SSSR count). The lowest BCUT2D eigenvalue weighted by Crippen LogP contribution is -2.43. The molecule has 200 valence electrons. The molecule has 1 amide bonds. The number of aliphatic hydroxyl groups is 1. The van der Waals surface area contributed by atoms with Crippen LogP contribution in [-0.2, 0) is 25.0 Å². The van der Waals surface area contributed by atoms with Crippen molar-refractivity contribution in [2.45, 2.75) is 36.1 Å². The van der Waals surface area contributed by atoms with Crippen molar-refractivity contribution in [3.8, 4) is 22.6 Å². The summed E-state index contributed by atoms with van der Waals surface area (Å²) in [6.45, 7) is 1.19. The summed E-state index contributed by atoms with van der Waals surface area (Å²) in [7, 11) is -4.15. The molecular formula is C27H28N2O8S. The molecule has 1 aliphatic heterocycles. The lowest BCUT2D eigenvalue weighted by molar-refractivity contribution is -0.139. The first-order chi connectivity index (χ1) is 18.1. The normalized spacial score (nSPS) is 16.1. The predicted molar refractivity (Wildman–Crippen MR) is 140 cm³/mol. The predicted octanol–water partition coefficient (Wildman–Crippen LogP) is 3.03. The fourth-order valence-corrected chi connectivity index (χ4v) is 5.64. The molecule has 1 atom stereocenters. The van der Waals surface area contributed by atoms with Gasteiger partial charge in [-0.2, -0.15) is 4.72 Å². The Kier molecular flexibility index (Phi) is 6.59.